The van der Waals surface area contributed by atoms with E-state index in [0.29, 0.717) is 5.95 Å². The van der Waals surface area contributed by atoms with Gasteiger partial charge in [0.1, 0.15) is 0 Å². The Labute approximate surface area is 117 Å². The van der Waals surface area contributed by atoms with Crippen molar-refractivity contribution in [2.75, 3.05) is 11.9 Å². The summed E-state index contributed by atoms with van der Waals surface area (Å²) in [4.78, 5) is 8.92. The predicted octanol–water partition coefficient (Wildman–Crippen LogP) is 2.42. The average Bonchev–Trinajstić information content (AvgIpc) is 2.84. The van der Waals surface area contributed by atoms with Crippen molar-refractivity contribution in [2.45, 2.75) is 40.0 Å². The van der Waals surface area contributed by atoms with E-state index in [1.807, 2.05) is 6.92 Å². The highest BCUT2D eigenvalue weighted by molar-refractivity contribution is 7.09. The van der Waals surface area contributed by atoms with Crippen LogP contribution in [0, 0.1) is 6.92 Å². The summed E-state index contributed by atoms with van der Waals surface area (Å²) < 4.78 is 0. The van der Waals surface area contributed by atoms with E-state index in [9.17, 15) is 0 Å². The number of thiazole rings is 1. The van der Waals surface area contributed by atoms with Gasteiger partial charge in [0.05, 0.1) is 16.4 Å². The van der Waals surface area contributed by atoms with Crippen LogP contribution in [0.2, 0.25) is 0 Å². The van der Waals surface area contributed by atoms with Crippen molar-refractivity contribution in [2.24, 2.45) is 0 Å². The van der Waals surface area contributed by atoms with Gasteiger partial charge in [-0.3, -0.25) is 0 Å². The summed E-state index contributed by atoms with van der Waals surface area (Å²) in [6, 6.07) is 0. The van der Waals surface area contributed by atoms with Crippen molar-refractivity contribution >= 4 is 17.3 Å². The van der Waals surface area contributed by atoms with Gasteiger partial charge in [-0.05, 0) is 19.8 Å². The number of rotatable bonds is 6. The minimum atomic E-state index is 0.613. The van der Waals surface area contributed by atoms with Crippen LogP contribution in [-0.2, 0) is 19.3 Å². The van der Waals surface area contributed by atoms with Crippen LogP contribution in [0.4, 0.5) is 5.95 Å². The molecule has 0 atom stereocenters. The number of nitrogens with zero attached hydrogens (tertiary/aromatic N) is 4. The molecule has 19 heavy (non-hydrogen) atoms. The normalized spacial score (nSPS) is 10.7. The Bertz CT molecular complexity index is 538. The molecule has 2 aromatic heterocycles. The second-order valence-electron chi connectivity index (χ2n) is 4.30. The second-order valence-corrected chi connectivity index (χ2v) is 5.24. The number of aryl methyl sites for hydroxylation is 3. The molecule has 0 saturated carbocycles. The Morgan fingerprint density at radius 3 is 2.53 bits per heavy atom. The van der Waals surface area contributed by atoms with E-state index in [1.165, 1.54) is 0 Å². The van der Waals surface area contributed by atoms with Crippen molar-refractivity contribution in [1.29, 1.82) is 0 Å². The van der Waals surface area contributed by atoms with E-state index in [4.69, 9.17) is 0 Å². The highest BCUT2D eigenvalue weighted by atomic mass is 32.1. The molecule has 0 aliphatic rings. The Morgan fingerprint density at radius 1 is 1.11 bits per heavy atom. The first kappa shape index (κ1) is 13.9. The van der Waals surface area contributed by atoms with Gasteiger partial charge in [0.25, 0.3) is 0 Å². The molecular weight excluding hydrogens is 258 g/mol. The van der Waals surface area contributed by atoms with Gasteiger partial charge in [0.2, 0.25) is 5.95 Å². The van der Waals surface area contributed by atoms with Crippen LogP contribution < -0.4 is 5.32 Å². The van der Waals surface area contributed by atoms with Gasteiger partial charge in [-0.25, -0.2) is 9.97 Å². The van der Waals surface area contributed by atoms with Gasteiger partial charge in [-0.2, -0.15) is 5.10 Å². The second kappa shape index (κ2) is 6.56. The quantitative estimate of drug-likeness (QED) is 0.878. The molecular formula is C13H19N5S. The summed E-state index contributed by atoms with van der Waals surface area (Å²) in [6.45, 7) is 6.95. The first-order valence-electron chi connectivity index (χ1n) is 6.60. The van der Waals surface area contributed by atoms with Crippen LogP contribution in [0.1, 0.15) is 35.9 Å². The van der Waals surface area contributed by atoms with Gasteiger partial charge in [0, 0.05) is 24.0 Å². The van der Waals surface area contributed by atoms with Gasteiger partial charge in [0.15, 0.2) is 0 Å². The minimum absolute atomic E-state index is 0.613. The first-order chi connectivity index (χ1) is 9.22. The van der Waals surface area contributed by atoms with Crippen LogP contribution in [-0.4, -0.2) is 26.7 Å². The molecule has 0 aliphatic carbocycles. The van der Waals surface area contributed by atoms with Crippen LogP contribution in [0.15, 0.2) is 5.38 Å². The first-order valence-corrected chi connectivity index (χ1v) is 7.48. The lowest BCUT2D eigenvalue weighted by Crippen LogP contribution is -2.11. The van der Waals surface area contributed by atoms with Crippen molar-refractivity contribution in [3.8, 4) is 0 Å². The summed E-state index contributed by atoms with van der Waals surface area (Å²) in [6.07, 6.45) is 2.65. The smallest absolute Gasteiger partial charge is 0.242 e. The number of anilines is 1. The Kier molecular flexibility index (Phi) is 4.79. The van der Waals surface area contributed by atoms with Gasteiger partial charge in [-0.1, -0.05) is 13.8 Å². The summed E-state index contributed by atoms with van der Waals surface area (Å²) in [5.74, 6) is 0.613. The molecule has 2 rings (SSSR count). The molecule has 0 spiro atoms. The van der Waals surface area contributed by atoms with E-state index in [0.717, 1.165) is 47.9 Å². The zero-order valence-electron chi connectivity index (χ0n) is 11.6. The summed E-state index contributed by atoms with van der Waals surface area (Å²) in [5, 5.41) is 14.7. The monoisotopic (exact) mass is 277 g/mol. The lowest BCUT2D eigenvalue weighted by Gasteiger charge is -2.06. The number of hydrogen-bond donors (Lipinski definition) is 1. The standard InChI is InChI=1S/C13H19N5S/c1-4-10-11(5-2)17-18-13(16-10)14-7-6-12-15-9(3)8-19-12/h8H,4-7H2,1-3H3,(H,14,16,18). The molecule has 0 aromatic carbocycles. The molecule has 2 aromatic rings. The third-order valence-electron chi connectivity index (χ3n) is 2.80. The molecule has 0 unspecified atom stereocenters. The molecule has 0 bridgehead atoms. The SMILES string of the molecule is CCc1nnc(NCCc2nc(C)cs2)nc1CC. The van der Waals surface area contributed by atoms with Gasteiger partial charge >= 0.3 is 0 Å². The Balaban J connectivity index is 1.92. The molecule has 0 amide bonds. The molecule has 2 heterocycles. The van der Waals surface area contributed by atoms with E-state index in [2.05, 4.69) is 44.7 Å². The van der Waals surface area contributed by atoms with Crippen molar-refractivity contribution in [3.63, 3.8) is 0 Å². The molecule has 0 fully saturated rings. The third kappa shape index (κ3) is 3.70. The Hall–Kier alpha value is -1.56. The van der Waals surface area contributed by atoms with Crippen molar-refractivity contribution < 1.29 is 0 Å². The maximum Gasteiger partial charge on any atom is 0.242 e. The summed E-state index contributed by atoms with van der Waals surface area (Å²) >= 11 is 1.69. The lowest BCUT2D eigenvalue weighted by atomic mass is 10.2. The fourth-order valence-corrected chi connectivity index (χ4v) is 2.59. The van der Waals surface area contributed by atoms with Gasteiger partial charge < -0.3 is 5.32 Å². The molecule has 6 heteroatoms. The fraction of sp³-hybridized carbons (Fsp3) is 0.538. The van der Waals surface area contributed by atoms with Crippen molar-refractivity contribution in [3.05, 3.63) is 27.5 Å². The van der Waals surface area contributed by atoms with Gasteiger partial charge in [-0.15, -0.1) is 16.4 Å². The largest absolute Gasteiger partial charge is 0.352 e. The van der Waals surface area contributed by atoms with Crippen LogP contribution in [0.25, 0.3) is 0 Å². The van der Waals surface area contributed by atoms with E-state index < -0.39 is 0 Å². The van der Waals surface area contributed by atoms with E-state index in [1.54, 1.807) is 11.3 Å². The summed E-state index contributed by atoms with van der Waals surface area (Å²) in [7, 11) is 0. The van der Waals surface area contributed by atoms with E-state index >= 15 is 0 Å². The van der Waals surface area contributed by atoms with Crippen LogP contribution in [0.5, 0.6) is 0 Å². The topological polar surface area (TPSA) is 63.6 Å². The minimum Gasteiger partial charge on any atom is -0.352 e. The lowest BCUT2D eigenvalue weighted by molar-refractivity contribution is 0.816. The number of hydrogen-bond acceptors (Lipinski definition) is 6. The molecule has 102 valence electrons. The van der Waals surface area contributed by atoms with E-state index in [-0.39, 0.29) is 0 Å². The highest BCUT2D eigenvalue weighted by Crippen LogP contribution is 2.10. The summed E-state index contributed by atoms with van der Waals surface area (Å²) in [5.41, 5.74) is 3.10. The maximum atomic E-state index is 4.50. The van der Waals surface area contributed by atoms with Crippen molar-refractivity contribution in [1.82, 2.24) is 20.2 Å². The number of nitrogens with one attached hydrogen (secondary N) is 1. The molecule has 0 radical (unpaired) electrons. The van der Waals surface area contributed by atoms with Crippen LogP contribution in [0.3, 0.4) is 0 Å². The molecule has 0 aliphatic heterocycles. The highest BCUT2D eigenvalue weighted by Gasteiger charge is 2.06. The zero-order chi connectivity index (χ0) is 13.7. The number of aromatic nitrogens is 4. The third-order valence-corrected chi connectivity index (χ3v) is 3.82. The fourth-order valence-electron chi connectivity index (χ4n) is 1.81. The predicted molar refractivity (Wildman–Crippen MR) is 77.6 cm³/mol. The molecule has 5 nitrogen and oxygen atoms in total. The van der Waals surface area contributed by atoms with Crippen LogP contribution >= 0.6 is 11.3 Å². The maximum absolute atomic E-state index is 4.50. The molecule has 0 saturated heterocycles. The Morgan fingerprint density at radius 2 is 1.89 bits per heavy atom. The zero-order valence-corrected chi connectivity index (χ0v) is 12.4. The average molecular weight is 277 g/mol. The molecule has 1 N–H and O–H groups in total.